The molecule has 1 unspecified atom stereocenters. The maximum Gasteiger partial charge on any atom is 0.184 e. The lowest BCUT2D eigenvalue weighted by Gasteiger charge is -2.36. The highest BCUT2D eigenvalue weighted by Crippen LogP contribution is 2.40. The van der Waals surface area contributed by atoms with E-state index in [0.717, 1.165) is 50.4 Å². The fraction of sp³-hybridized carbons (Fsp3) is 0.407. The molecule has 1 saturated heterocycles. The zero-order valence-corrected chi connectivity index (χ0v) is 18.7. The Morgan fingerprint density at radius 2 is 1.81 bits per heavy atom. The van der Waals surface area contributed by atoms with E-state index in [1.807, 2.05) is 6.07 Å². The zero-order chi connectivity index (χ0) is 21.5. The van der Waals surface area contributed by atoms with Gasteiger partial charge >= 0.3 is 0 Å². The lowest BCUT2D eigenvalue weighted by atomic mass is 9.98. The number of benzene rings is 2. The average molecular weight is 430 g/mol. The Kier molecular flexibility index (Phi) is 5.07. The Morgan fingerprint density at radius 3 is 2.72 bits per heavy atom. The van der Waals surface area contributed by atoms with Crippen molar-refractivity contribution in [3.8, 4) is 22.8 Å². The fourth-order valence-corrected chi connectivity index (χ4v) is 5.46. The quantitative estimate of drug-likeness (QED) is 0.647. The molecule has 0 amide bonds. The molecule has 0 aliphatic carbocycles. The van der Waals surface area contributed by atoms with Crippen molar-refractivity contribution in [3.63, 3.8) is 0 Å². The van der Waals surface area contributed by atoms with Gasteiger partial charge in [0.1, 0.15) is 13.2 Å². The predicted molar refractivity (Wildman–Crippen MR) is 128 cm³/mol. The molecule has 5 heteroatoms. The molecule has 1 atom stereocenters. The van der Waals surface area contributed by atoms with Crippen LogP contribution in [0, 0.1) is 0 Å². The topological polar surface area (TPSA) is 38.7 Å². The summed E-state index contributed by atoms with van der Waals surface area (Å²) in [6.45, 7) is 6.71. The predicted octanol–water partition coefficient (Wildman–Crippen LogP) is 4.80. The summed E-state index contributed by atoms with van der Waals surface area (Å²) in [6, 6.07) is 18.3. The van der Waals surface area contributed by atoms with Gasteiger partial charge in [0, 0.05) is 49.2 Å². The highest BCUT2D eigenvalue weighted by Gasteiger charge is 2.26. The van der Waals surface area contributed by atoms with E-state index in [-0.39, 0.29) is 0 Å². The van der Waals surface area contributed by atoms with Crippen LogP contribution in [0.25, 0.3) is 11.3 Å². The van der Waals surface area contributed by atoms with Crippen molar-refractivity contribution in [1.82, 2.24) is 9.88 Å². The number of piperidine rings is 1. The minimum Gasteiger partial charge on any atom is -0.486 e. The SMILES string of the molecule is CC(NC1CCN(c2cccc3c2OCCO3)CC1)c1cc2n(c1)CCc1ccccc1-2. The standard InChI is InChI=1S/C27H31N3O2/c1-19(21-17-25-23-6-3-2-5-20(23)9-12-30(25)18-21)28-22-10-13-29(14-11-22)24-7-4-8-26-27(24)32-16-15-31-26/h2-8,17-19,22,28H,9-16H2,1H3. The van der Waals surface area contributed by atoms with Gasteiger partial charge in [-0.3, -0.25) is 0 Å². The van der Waals surface area contributed by atoms with Crippen molar-refractivity contribution in [1.29, 1.82) is 0 Å². The number of nitrogens with one attached hydrogen (secondary N) is 1. The van der Waals surface area contributed by atoms with E-state index in [4.69, 9.17) is 9.47 Å². The minimum atomic E-state index is 0.345. The van der Waals surface area contributed by atoms with Crippen LogP contribution in [0.1, 0.15) is 36.9 Å². The highest BCUT2D eigenvalue weighted by atomic mass is 16.6. The molecule has 1 N–H and O–H groups in total. The number of fused-ring (bicyclic) bond motifs is 4. The third-order valence-electron chi connectivity index (χ3n) is 7.20. The molecule has 3 aliphatic rings. The van der Waals surface area contributed by atoms with Crippen LogP contribution in [0.5, 0.6) is 11.5 Å². The number of nitrogens with zero attached hydrogens (tertiary/aromatic N) is 2. The van der Waals surface area contributed by atoms with Crippen LogP contribution < -0.4 is 19.7 Å². The second-order valence-electron chi connectivity index (χ2n) is 9.21. The average Bonchev–Trinajstić information content (AvgIpc) is 3.30. The molecule has 5 nitrogen and oxygen atoms in total. The van der Waals surface area contributed by atoms with Crippen molar-refractivity contribution >= 4 is 5.69 Å². The number of ether oxygens (including phenoxy) is 2. The van der Waals surface area contributed by atoms with Gasteiger partial charge < -0.3 is 24.3 Å². The van der Waals surface area contributed by atoms with E-state index >= 15 is 0 Å². The second-order valence-corrected chi connectivity index (χ2v) is 9.21. The van der Waals surface area contributed by atoms with E-state index in [1.54, 1.807) is 0 Å². The maximum absolute atomic E-state index is 5.94. The molecule has 166 valence electrons. The van der Waals surface area contributed by atoms with E-state index in [0.29, 0.717) is 25.3 Å². The molecule has 1 aromatic heterocycles. The fourth-order valence-electron chi connectivity index (χ4n) is 5.46. The van der Waals surface area contributed by atoms with Crippen molar-refractivity contribution in [2.75, 3.05) is 31.2 Å². The number of aryl methyl sites for hydroxylation is 2. The first kappa shape index (κ1) is 19.7. The first-order valence-electron chi connectivity index (χ1n) is 11.9. The number of rotatable bonds is 4. The molecule has 1 fully saturated rings. The van der Waals surface area contributed by atoms with Gasteiger partial charge in [0.15, 0.2) is 11.5 Å². The van der Waals surface area contributed by atoms with Gasteiger partial charge in [-0.15, -0.1) is 0 Å². The van der Waals surface area contributed by atoms with Gasteiger partial charge in [-0.05, 0) is 55.5 Å². The lowest BCUT2D eigenvalue weighted by Crippen LogP contribution is -2.43. The van der Waals surface area contributed by atoms with Crippen LogP contribution in [0.15, 0.2) is 54.7 Å². The summed E-state index contributed by atoms with van der Waals surface area (Å²) in [7, 11) is 0. The largest absolute Gasteiger partial charge is 0.486 e. The number of para-hydroxylation sites is 1. The molecule has 3 aliphatic heterocycles. The van der Waals surface area contributed by atoms with Crippen LogP contribution in [0.3, 0.4) is 0 Å². The summed E-state index contributed by atoms with van der Waals surface area (Å²) in [4.78, 5) is 2.45. The Morgan fingerprint density at radius 1 is 0.969 bits per heavy atom. The van der Waals surface area contributed by atoms with Gasteiger partial charge in [0.05, 0.1) is 5.69 Å². The monoisotopic (exact) mass is 429 g/mol. The summed E-state index contributed by atoms with van der Waals surface area (Å²) in [5.74, 6) is 1.79. The molecule has 2 aromatic carbocycles. The molecule has 3 aromatic rings. The third kappa shape index (κ3) is 3.55. The molecule has 0 spiro atoms. The van der Waals surface area contributed by atoms with Gasteiger partial charge in [0.25, 0.3) is 0 Å². The molecule has 4 heterocycles. The number of hydrogen-bond acceptors (Lipinski definition) is 4. The highest BCUT2D eigenvalue weighted by molar-refractivity contribution is 5.67. The lowest BCUT2D eigenvalue weighted by molar-refractivity contribution is 0.172. The van der Waals surface area contributed by atoms with Crippen LogP contribution in [0.4, 0.5) is 5.69 Å². The molecule has 32 heavy (non-hydrogen) atoms. The van der Waals surface area contributed by atoms with Crippen molar-refractivity contribution in [3.05, 3.63) is 65.9 Å². The molecular formula is C27H31N3O2. The maximum atomic E-state index is 5.94. The molecular weight excluding hydrogens is 398 g/mol. The third-order valence-corrected chi connectivity index (χ3v) is 7.20. The van der Waals surface area contributed by atoms with Gasteiger partial charge in [0.2, 0.25) is 0 Å². The zero-order valence-electron chi connectivity index (χ0n) is 18.7. The van der Waals surface area contributed by atoms with Gasteiger partial charge in [-0.1, -0.05) is 30.3 Å². The van der Waals surface area contributed by atoms with Gasteiger partial charge in [-0.25, -0.2) is 0 Å². The van der Waals surface area contributed by atoms with E-state index in [1.165, 1.54) is 28.1 Å². The molecule has 0 saturated carbocycles. The first-order valence-corrected chi connectivity index (χ1v) is 11.9. The summed E-state index contributed by atoms with van der Waals surface area (Å²) in [6.07, 6.45) is 5.73. The Balaban J connectivity index is 1.11. The minimum absolute atomic E-state index is 0.345. The summed E-state index contributed by atoms with van der Waals surface area (Å²) in [5.41, 5.74) is 6.79. The number of anilines is 1. The van der Waals surface area contributed by atoms with Crippen molar-refractivity contribution in [2.24, 2.45) is 0 Å². The van der Waals surface area contributed by atoms with Crippen molar-refractivity contribution in [2.45, 2.75) is 44.8 Å². The Bertz CT molecular complexity index is 1110. The van der Waals surface area contributed by atoms with Gasteiger partial charge in [-0.2, -0.15) is 0 Å². The molecule has 6 rings (SSSR count). The second kappa shape index (κ2) is 8.21. The van der Waals surface area contributed by atoms with E-state index in [9.17, 15) is 0 Å². The summed E-state index contributed by atoms with van der Waals surface area (Å²) >= 11 is 0. The van der Waals surface area contributed by atoms with Crippen LogP contribution in [-0.4, -0.2) is 36.9 Å². The summed E-state index contributed by atoms with van der Waals surface area (Å²) in [5, 5.41) is 3.91. The normalized spacial score (nSPS) is 18.7. The number of aromatic nitrogens is 1. The van der Waals surface area contributed by atoms with Crippen LogP contribution in [0.2, 0.25) is 0 Å². The first-order chi connectivity index (χ1) is 15.8. The molecule has 0 radical (unpaired) electrons. The van der Waals surface area contributed by atoms with Crippen LogP contribution >= 0.6 is 0 Å². The smallest absolute Gasteiger partial charge is 0.184 e. The number of hydrogen-bond donors (Lipinski definition) is 1. The van der Waals surface area contributed by atoms with Crippen LogP contribution in [-0.2, 0) is 13.0 Å². The Hall–Kier alpha value is -2.92. The van der Waals surface area contributed by atoms with E-state index < -0.39 is 0 Å². The molecule has 0 bridgehead atoms. The van der Waals surface area contributed by atoms with E-state index in [2.05, 4.69) is 70.4 Å². The van der Waals surface area contributed by atoms with Crippen molar-refractivity contribution < 1.29 is 9.47 Å². The Labute approximate surface area is 189 Å². The summed E-state index contributed by atoms with van der Waals surface area (Å²) < 4.78 is 14.1.